The minimum atomic E-state index is -0.0454. The van der Waals surface area contributed by atoms with Gasteiger partial charge in [-0.25, -0.2) is 0 Å². The summed E-state index contributed by atoms with van der Waals surface area (Å²) < 4.78 is 5.20. The third-order valence-electron chi connectivity index (χ3n) is 3.47. The lowest BCUT2D eigenvalue weighted by atomic mass is 10.3. The number of benzene rings is 1. The molecule has 0 unspecified atom stereocenters. The van der Waals surface area contributed by atoms with Crippen LogP contribution in [0.1, 0.15) is 12.8 Å². The number of amides is 1. The minimum absolute atomic E-state index is 0.0454. The van der Waals surface area contributed by atoms with Crippen molar-refractivity contribution in [2.75, 3.05) is 45.2 Å². The van der Waals surface area contributed by atoms with E-state index in [2.05, 4.69) is 15.5 Å². The second-order valence-electron chi connectivity index (χ2n) is 4.97. The molecule has 0 bridgehead atoms. The molecule has 1 fully saturated rings. The standard InChI is InChI=1S/C15H23N3O2/c1-20-14-7-3-2-6-13(14)17-15(19)12-16-8-11-18-9-4-5-10-18/h2-3,6-7,16H,4-5,8-12H2,1H3,(H,17,19). The van der Waals surface area contributed by atoms with E-state index in [1.54, 1.807) is 7.11 Å². The van der Waals surface area contributed by atoms with Crippen molar-refractivity contribution in [3.05, 3.63) is 24.3 Å². The molecule has 1 amide bonds. The molecule has 1 aliphatic heterocycles. The molecule has 0 radical (unpaired) electrons. The number of carbonyl (C=O) groups excluding carboxylic acids is 1. The highest BCUT2D eigenvalue weighted by Crippen LogP contribution is 2.22. The van der Waals surface area contributed by atoms with Gasteiger partial charge in [0.25, 0.3) is 0 Å². The Balaban J connectivity index is 1.67. The lowest BCUT2D eigenvalue weighted by Gasteiger charge is -2.15. The molecule has 0 atom stereocenters. The van der Waals surface area contributed by atoms with Crippen molar-refractivity contribution in [2.45, 2.75) is 12.8 Å². The number of anilines is 1. The number of hydrogen-bond donors (Lipinski definition) is 2. The van der Waals surface area contributed by atoms with Crippen LogP contribution >= 0.6 is 0 Å². The Morgan fingerprint density at radius 2 is 2.05 bits per heavy atom. The first-order chi connectivity index (χ1) is 9.79. The van der Waals surface area contributed by atoms with Gasteiger partial charge >= 0.3 is 0 Å². The largest absolute Gasteiger partial charge is 0.495 e. The maximum Gasteiger partial charge on any atom is 0.238 e. The second kappa shape index (κ2) is 7.87. The van der Waals surface area contributed by atoms with Crippen LogP contribution in [0.3, 0.4) is 0 Å². The summed E-state index contributed by atoms with van der Waals surface area (Å²) in [6.07, 6.45) is 2.60. The molecule has 1 aromatic rings. The molecule has 2 N–H and O–H groups in total. The van der Waals surface area contributed by atoms with Gasteiger partial charge in [0.15, 0.2) is 0 Å². The number of carbonyl (C=O) groups is 1. The van der Waals surface area contributed by atoms with Gasteiger partial charge in [-0.3, -0.25) is 4.79 Å². The Labute approximate surface area is 120 Å². The number of nitrogens with zero attached hydrogens (tertiary/aromatic N) is 1. The third-order valence-corrected chi connectivity index (χ3v) is 3.47. The Kier molecular flexibility index (Phi) is 5.83. The maximum absolute atomic E-state index is 11.8. The average molecular weight is 277 g/mol. The van der Waals surface area contributed by atoms with E-state index in [1.807, 2.05) is 24.3 Å². The van der Waals surface area contributed by atoms with E-state index < -0.39 is 0 Å². The highest BCUT2D eigenvalue weighted by molar-refractivity contribution is 5.93. The molecule has 0 aromatic heterocycles. The van der Waals surface area contributed by atoms with Gasteiger partial charge in [0.2, 0.25) is 5.91 Å². The zero-order valence-corrected chi connectivity index (χ0v) is 12.0. The van der Waals surface area contributed by atoms with Crippen LogP contribution in [0.15, 0.2) is 24.3 Å². The van der Waals surface area contributed by atoms with Crippen LogP contribution in [0.25, 0.3) is 0 Å². The van der Waals surface area contributed by atoms with E-state index in [1.165, 1.54) is 25.9 Å². The lowest BCUT2D eigenvalue weighted by molar-refractivity contribution is -0.115. The van der Waals surface area contributed by atoms with Crippen LogP contribution in [-0.4, -0.2) is 50.6 Å². The number of para-hydroxylation sites is 2. The van der Waals surface area contributed by atoms with Crippen molar-refractivity contribution < 1.29 is 9.53 Å². The van der Waals surface area contributed by atoms with Gasteiger partial charge in [-0.05, 0) is 38.1 Å². The molecule has 1 aromatic carbocycles. The van der Waals surface area contributed by atoms with Gasteiger partial charge in [0.05, 0.1) is 19.3 Å². The number of hydrogen-bond acceptors (Lipinski definition) is 4. The highest BCUT2D eigenvalue weighted by Gasteiger charge is 2.11. The third kappa shape index (κ3) is 4.51. The van der Waals surface area contributed by atoms with Crippen molar-refractivity contribution in [1.82, 2.24) is 10.2 Å². The minimum Gasteiger partial charge on any atom is -0.495 e. The highest BCUT2D eigenvalue weighted by atomic mass is 16.5. The number of likely N-dealkylation sites (tertiary alicyclic amines) is 1. The maximum atomic E-state index is 11.8. The van der Waals surface area contributed by atoms with Gasteiger partial charge in [0.1, 0.15) is 5.75 Å². The van der Waals surface area contributed by atoms with Crippen molar-refractivity contribution >= 4 is 11.6 Å². The number of nitrogens with one attached hydrogen (secondary N) is 2. The van der Waals surface area contributed by atoms with Crippen molar-refractivity contribution in [3.63, 3.8) is 0 Å². The number of methoxy groups -OCH3 is 1. The molecule has 0 aliphatic carbocycles. The van der Waals surface area contributed by atoms with E-state index in [0.717, 1.165) is 13.1 Å². The van der Waals surface area contributed by atoms with Gasteiger partial charge in [-0.1, -0.05) is 12.1 Å². The summed E-state index contributed by atoms with van der Waals surface area (Å²) in [6, 6.07) is 7.42. The van der Waals surface area contributed by atoms with E-state index in [9.17, 15) is 4.79 Å². The first-order valence-electron chi connectivity index (χ1n) is 7.15. The molecular weight excluding hydrogens is 254 g/mol. The summed E-state index contributed by atoms with van der Waals surface area (Å²) in [6.45, 7) is 4.57. The van der Waals surface area contributed by atoms with Crippen LogP contribution in [0, 0.1) is 0 Å². The van der Waals surface area contributed by atoms with Crippen LogP contribution in [0.4, 0.5) is 5.69 Å². The summed E-state index contributed by atoms with van der Waals surface area (Å²) in [4.78, 5) is 14.3. The number of ether oxygens (including phenoxy) is 1. The van der Waals surface area contributed by atoms with Crippen LogP contribution in [0.5, 0.6) is 5.75 Å². The van der Waals surface area contributed by atoms with Crippen molar-refractivity contribution in [1.29, 1.82) is 0 Å². The van der Waals surface area contributed by atoms with Gasteiger partial charge in [0, 0.05) is 13.1 Å². The fourth-order valence-electron chi connectivity index (χ4n) is 2.39. The molecule has 2 rings (SSSR count). The lowest BCUT2D eigenvalue weighted by Crippen LogP contribution is -2.34. The van der Waals surface area contributed by atoms with Crippen LogP contribution < -0.4 is 15.4 Å². The predicted molar refractivity (Wildman–Crippen MR) is 80.2 cm³/mol. The van der Waals surface area contributed by atoms with E-state index in [4.69, 9.17) is 4.74 Å². The molecule has 110 valence electrons. The first-order valence-corrected chi connectivity index (χ1v) is 7.15. The van der Waals surface area contributed by atoms with Gasteiger partial charge < -0.3 is 20.3 Å². The number of rotatable bonds is 7. The first kappa shape index (κ1) is 14.8. The van der Waals surface area contributed by atoms with Gasteiger partial charge in [-0.2, -0.15) is 0 Å². The van der Waals surface area contributed by atoms with E-state index >= 15 is 0 Å². The van der Waals surface area contributed by atoms with E-state index in [-0.39, 0.29) is 5.91 Å². The molecule has 5 heteroatoms. The monoisotopic (exact) mass is 277 g/mol. The molecule has 20 heavy (non-hydrogen) atoms. The summed E-state index contributed by atoms with van der Waals surface area (Å²) >= 11 is 0. The average Bonchev–Trinajstić information content (AvgIpc) is 2.97. The quantitative estimate of drug-likeness (QED) is 0.738. The van der Waals surface area contributed by atoms with Crippen LogP contribution in [-0.2, 0) is 4.79 Å². The summed E-state index contributed by atoms with van der Waals surface area (Å²) in [5.41, 5.74) is 0.710. The topological polar surface area (TPSA) is 53.6 Å². The SMILES string of the molecule is COc1ccccc1NC(=O)CNCCN1CCCC1. The molecule has 0 spiro atoms. The predicted octanol–water partition coefficient (Wildman–Crippen LogP) is 1.32. The molecule has 5 nitrogen and oxygen atoms in total. The Bertz CT molecular complexity index is 431. The Morgan fingerprint density at radius 1 is 1.30 bits per heavy atom. The van der Waals surface area contributed by atoms with Gasteiger partial charge in [-0.15, -0.1) is 0 Å². The zero-order valence-electron chi connectivity index (χ0n) is 12.0. The smallest absolute Gasteiger partial charge is 0.238 e. The molecule has 1 heterocycles. The summed E-state index contributed by atoms with van der Waals surface area (Å²) in [7, 11) is 1.60. The molecule has 1 aliphatic rings. The zero-order chi connectivity index (χ0) is 14.2. The molecular formula is C15H23N3O2. The van der Waals surface area contributed by atoms with Crippen LogP contribution in [0.2, 0.25) is 0 Å². The van der Waals surface area contributed by atoms with Crippen molar-refractivity contribution in [3.8, 4) is 5.75 Å². The summed E-state index contributed by atoms with van der Waals surface area (Å²) in [5, 5.41) is 6.03. The van der Waals surface area contributed by atoms with E-state index in [0.29, 0.717) is 18.0 Å². The normalized spacial score (nSPS) is 15.2. The Hall–Kier alpha value is -1.59. The molecule has 1 saturated heterocycles. The summed E-state index contributed by atoms with van der Waals surface area (Å²) in [5.74, 6) is 0.633. The molecule has 0 saturated carbocycles. The fraction of sp³-hybridized carbons (Fsp3) is 0.533. The second-order valence-corrected chi connectivity index (χ2v) is 4.97. The van der Waals surface area contributed by atoms with Crippen molar-refractivity contribution in [2.24, 2.45) is 0 Å². The Morgan fingerprint density at radius 3 is 2.80 bits per heavy atom. The fourth-order valence-corrected chi connectivity index (χ4v) is 2.39.